The van der Waals surface area contributed by atoms with Crippen molar-refractivity contribution in [2.24, 2.45) is 0 Å². The van der Waals surface area contributed by atoms with Crippen molar-refractivity contribution >= 4 is 53.4 Å². The van der Waals surface area contributed by atoms with Crippen molar-refractivity contribution < 1.29 is 0 Å². The van der Waals surface area contributed by atoms with Gasteiger partial charge in [-0.25, -0.2) is 9.97 Å². The Labute approximate surface area is 363 Å². The van der Waals surface area contributed by atoms with Crippen LogP contribution < -0.4 is 0 Å². The number of rotatable bonds is 7. The van der Waals surface area contributed by atoms with E-state index in [4.69, 9.17) is 9.97 Å². The topological polar surface area (TPSA) is 30.7 Å². The zero-order valence-electron chi connectivity index (χ0n) is 33.6. The molecule has 0 amide bonds. The second-order valence-corrected chi connectivity index (χ2v) is 16.8. The van der Waals surface area contributed by atoms with Gasteiger partial charge in [-0.15, -0.1) is 11.3 Å². The summed E-state index contributed by atoms with van der Waals surface area (Å²) in [5.74, 6) is 0.711. The number of nitrogens with zero attached hydrogens (tertiary/aromatic N) is 3. The van der Waals surface area contributed by atoms with Gasteiger partial charge in [0.15, 0.2) is 5.82 Å². The molecular weight excluding hydrogens is 771 g/mol. The van der Waals surface area contributed by atoms with E-state index in [2.05, 4.69) is 229 Å². The monoisotopic (exact) mass is 807 g/mol. The molecule has 0 aliphatic rings. The molecule has 3 aromatic heterocycles. The summed E-state index contributed by atoms with van der Waals surface area (Å²) >= 11 is 1.76. The summed E-state index contributed by atoms with van der Waals surface area (Å²) in [5.41, 5.74) is 16.7. The van der Waals surface area contributed by atoms with E-state index in [1.54, 1.807) is 11.3 Å². The Hall–Kier alpha value is -7.92. The lowest BCUT2D eigenvalue weighted by Gasteiger charge is -2.20. The van der Waals surface area contributed by atoms with E-state index >= 15 is 0 Å². The summed E-state index contributed by atoms with van der Waals surface area (Å²) in [6.45, 7) is 0. The highest BCUT2D eigenvalue weighted by molar-refractivity contribution is 7.26. The van der Waals surface area contributed by atoms with Crippen LogP contribution in [0.5, 0.6) is 0 Å². The van der Waals surface area contributed by atoms with Gasteiger partial charge in [0.1, 0.15) is 0 Å². The molecule has 0 fully saturated rings. The maximum absolute atomic E-state index is 5.36. The zero-order chi connectivity index (χ0) is 41.0. The molecule has 9 aromatic carbocycles. The van der Waals surface area contributed by atoms with E-state index < -0.39 is 0 Å². The van der Waals surface area contributed by atoms with Crippen LogP contribution in [0.25, 0.3) is 115 Å². The van der Waals surface area contributed by atoms with Gasteiger partial charge in [-0.3, -0.25) is 0 Å². The first kappa shape index (κ1) is 36.0. The van der Waals surface area contributed by atoms with Gasteiger partial charge in [-0.05, 0) is 99.1 Å². The van der Waals surface area contributed by atoms with Crippen molar-refractivity contribution in [2.45, 2.75) is 0 Å². The molecule has 0 saturated carbocycles. The third-order valence-corrected chi connectivity index (χ3v) is 13.2. The lowest BCUT2D eigenvalue weighted by Crippen LogP contribution is -1.96. The summed E-state index contributed by atoms with van der Waals surface area (Å²) < 4.78 is 4.69. The fraction of sp³-hybridized carbons (Fsp3) is 0. The summed E-state index contributed by atoms with van der Waals surface area (Å²) in [6.07, 6.45) is 0. The minimum absolute atomic E-state index is 0.711. The molecule has 3 heterocycles. The smallest absolute Gasteiger partial charge is 0.160 e. The first-order valence-electron chi connectivity index (χ1n) is 21.0. The number of hydrogen-bond acceptors (Lipinski definition) is 3. The minimum atomic E-state index is 0.711. The first-order chi connectivity index (χ1) is 30.7. The maximum atomic E-state index is 5.36. The zero-order valence-corrected chi connectivity index (χ0v) is 34.4. The summed E-state index contributed by atoms with van der Waals surface area (Å²) in [7, 11) is 0. The average Bonchev–Trinajstić information content (AvgIpc) is 3.90. The van der Waals surface area contributed by atoms with Crippen molar-refractivity contribution in [1.82, 2.24) is 14.5 Å². The second-order valence-electron chi connectivity index (χ2n) is 15.7. The third-order valence-electron chi connectivity index (χ3n) is 12.0. The van der Waals surface area contributed by atoms with Crippen LogP contribution in [0.2, 0.25) is 0 Å². The van der Waals surface area contributed by atoms with Crippen molar-refractivity contribution in [3.63, 3.8) is 0 Å². The van der Waals surface area contributed by atoms with Gasteiger partial charge in [0.2, 0.25) is 0 Å². The van der Waals surface area contributed by atoms with E-state index in [-0.39, 0.29) is 0 Å². The highest BCUT2D eigenvalue weighted by Gasteiger charge is 2.21. The molecular formula is C58H37N3S. The Morgan fingerprint density at radius 3 is 1.66 bits per heavy atom. The summed E-state index contributed by atoms with van der Waals surface area (Å²) in [5, 5.41) is 3.60. The molecule has 12 aromatic rings. The van der Waals surface area contributed by atoms with Gasteiger partial charge >= 0.3 is 0 Å². The van der Waals surface area contributed by atoms with Crippen molar-refractivity contribution in [3.05, 3.63) is 224 Å². The van der Waals surface area contributed by atoms with E-state index in [0.717, 1.165) is 71.5 Å². The van der Waals surface area contributed by atoms with Gasteiger partial charge in [0.25, 0.3) is 0 Å². The number of benzene rings is 9. The average molecular weight is 808 g/mol. The number of para-hydroxylation sites is 2. The molecule has 0 aliphatic heterocycles. The highest BCUT2D eigenvalue weighted by atomic mass is 32.1. The van der Waals surface area contributed by atoms with E-state index in [1.807, 2.05) is 0 Å². The summed E-state index contributed by atoms with van der Waals surface area (Å²) in [6, 6.07) is 80.6. The van der Waals surface area contributed by atoms with Crippen LogP contribution in [0.4, 0.5) is 0 Å². The van der Waals surface area contributed by atoms with Gasteiger partial charge < -0.3 is 4.57 Å². The molecule has 0 aliphatic carbocycles. The molecule has 12 rings (SSSR count). The number of aromatic nitrogens is 3. The third kappa shape index (κ3) is 6.11. The lowest BCUT2D eigenvalue weighted by molar-refractivity contribution is 1.18. The Morgan fingerprint density at radius 2 is 0.919 bits per heavy atom. The van der Waals surface area contributed by atoms with Crippen LogP contribution in [-0.2, 0) is 0 Å². The molecule has 0 bridgehead atoms. The van der Waals surface area contributed by atoms with Crippen LogP contribution in [0.15, 0.2) is 224 Å². The molecule has 0 N–H and O–H groups in total. The van der Waals surface area contributed by atoms with Crippen molar-refractivity contribution in [3.8, 4) is 72.8 Å². The molecule has 0 saturated heterocycles. The number of thiophene rings is 1. The lowest BCUT2D eigenvalue weighted by atomic mass is 9.84. The SMILES string of the molecule is c1ccc(-c2cc(-c3cccc(-c4nc(-c5ccccc5)c5sc6ccccc6c5n4)c3)c(-c3ccccc3)c(-c3ccc4c(c3)c3ccccc3n4-c3ccccc3)c2)cc1. The fourth-order valence-corrected chi connectivity index (χ4v) is 10.3. The van der Waals surface area contributed by atoms with Crippen LogP contribution in [0.3, 0.4) is 0 Å². The van der Waals surface area contributed by atoms with Crippen molar-refractivity contribution in [2.75, 3.05) is 0 Å². The predicted molar refractivity (Wildman–Crippen MR) is 262 cm³/mol. The molecule has 4 heteroatoms. The molecule has 62 heavy (non-hydrogen) atoms. The number of hydrogen-bond donors (Lipinski definition) is 0. The Kier molecular flexibility index (Phi) is 8.68. The van der Waals surface area contributed by atoms with Crippen molar-refractivity contribution in [1.29, 1.82) is 0 Å². The van der Waals surface area contributed by atoms with Gasteiger partial charge in [-0.1, -0.05) is 170 Å². The molecule has 0 unspecified atom stereocenters. The largest absolute Gasteiger partial charge is 0.309 e. The minimum Gasteiger partial charge on any atom is -0.309 e. The van der Waals surface area contributed by atoms with Gasteiger partial charge in [0.05, 0.1) is 26.9 Å². The second kappa shape index (κ2) is 15.0. The molecule has 0 radical (unpaired) electrons. The Morgan fingerprint density at radius 1 is 0.355 bits per heavy atom. The fourth-order valence-electron chi connectivity index (χ4n) is 9.14. The molecule has 3 nitrogen and oxygen atoms in total. The molecule has 290 valence electrons. The predicted octanol–water partition coefficient (Wildman–Crippen LogP) is 15.9. The van der Waals surface area contributed by atoms with Crippen LogP contribution in [0, 0.1) is 0 Å². The van der Waals surface area contributed by atoms with E-state index in [0.29, 0.717) is 5.82 Å². The van der Waals surface area contributed by atoms with Crippen LogP contribution in [-0.4, -0.2) is 14.5 Å². The standard InChI is InChI=1S/C58H37N3S/c1-5-18-38(19-6-1)44-36-48(41-24-17-25-43(34-41)58-59-55(40-22-9-3-10-23-40)57-56(60-58)47-29-14-16-31-53(47)62-57)54(39-20-7-2-8-21-39)49(37-44)42-32-33-52-50(35-42)46-28-13-15-30-51(46)61(52)45-26-11-4-12-27-45/h1-37H. The van der Waals surface area contributed by atoms with Gasteiger partial charge in [-0.2, -0.15) is 0 Å². The van der Waals surface area contributed by atoms with Crippen LogP contribution in [0.1, 0.15) is 0 Å². The Bertz CT molecular complexity index is 3610. The quantitative estimate of drug-likeness (QED) is 0.161. The highest BCUT2D eigenvalue weighted by Crippen LogP contribution is 2.46. The number of fused-ring (bicyclic) bond motifs is 6. The Balaban J connectivity index is 1.11. The van der Waals surface area contributed by atoms with E-state index in [1.165, 1.54) is 37.6 Å². The molecule has 0 atom stereocenters. The normalized spacial score (nSPS) is 11.5. The van der Waals surface area contributed by atoms with Gasteiger partial charge in [0, 0.05) is 37.7 Å². The van der Waals surface area contributed by atoms with Crippen LogP contribution >= 0.6 is 11.3 Å². The first-order valence-corrected chi connectivity index (χ1v) is 21.8. The molecule has 0 spiro atoms. The summed E-state index contributed by atoms with van der Waals surface area (Å²) in [4.78, 5) is 10.7. The van der Waals surface area contributed by atoms with E-state index in [9.17, 15) is 0 Å². The maximum Gasteiger partial charge on any atom is 0.160 e.